The standard InChI is InChI=1S/C13H17F2NO2/c1-17-9-3-4-16(7-9)8-11-12(14)5-10(18-2)6-13(11)15/h5-6,9H,3-4,7-8H2,1-2H3/t9-/m0/s1. The first-order valence-electron chi connectivity index (χ1n) is 5.91. The van der Waals surface area contributed by atoms with Crippen LogP contribution >= 0.6 is 0 Å². The van der Waals surface area contributed by atoms with E-state index >= 15 is 0 Å². The van der Waals surface area contributed by atoms with Gasteiger partial charge >= 0.3 is 0 Å². The van der Waals surface area contributed by atoms with Gasteiger partial charge in [0.1, 0.15) is 17.4 Å². The van der Waals surface area contributed by atoms with Gasteiger partial charge in [-0.05, 0) is 6.42 Å². The first kappa shape index (κ1) is 13.2. The highest BCUT2D eigenvalue weighted by atomic mass is 19.1. The molecule has 0 N–H and O–H groups in total. The van der Waals surface area contributed by atoms with Crippen LogP contribution in [0.1, 0.15) is 12.0 Å². The van der Waals surface area contributed by atoms with Crippen molar-refractivity contribution in [3.8, 4) is 5.75 Å². The average Bonchev–Trinajstić information content (AvgIpc) is 2.81. The van der Waals surface area contributed by atoms with E-state index in [2.05, 4.69) is 0 Å². The van der Waals surface area contributed by atoms with E-state index in [9.17, 15) is 8.78 Å². The fourth-order valence-electron chi connectivity index (χ4n) is 2.21. The van der Waals surface area contributed by atoms with Gasteiger partial charge in [-0.15, -0.1) is 0 Å². The summed E-state index contributed by atoms with van der Waals surface area (Å²) < 4.78 is 37.6. The van der Waals surface area contributed by atoms with E-state index in [4.69, 9.17) is 9.47 Å². The van der Waals surface area contributed by atoms with Crippen molar-refractivity contribution in [2.45, 2.75) is 19.1 Å². The van der Waals surface area contributed by atoms with Crippen LogP contribution in [0.4, 0.5) is 8.78 Å². The summed E-state index contributed by atoms with van der Waals surface area (Å²) in [7, 11) is 3.04. The van der Waals surface area contributed by atoms with Crippen LogP contribution in [0.3, 0.4) is 0 Å². The number of methoxy groups -OCH3 is 2. The second-order valence-electron chi connectivity index (χ2n) is 4.45. The minimum absolute atomic E-state index is 0.0903. The monoisotopic (exact) mass is 257 g/mol. The number of rotatable bonds is 4. The third-order valence-corrected chi connectivity index (χ3v) is 3.29. The number of benzene rings is 1. The molecule has 1 saturated heterocycles. The van der Waals surface area contributed by atoms with Crippen LogP contribution in [0.25, 0.3) is 0 Å². The minimum atomic E-state index is -0.562. The molecule has 0 spiro atoms. The van der Waals surface area contributed by atoms with Crippen molar-refractivity contribution in [3.05, 3.63) is 29.3 Å². The van der Waals surface area contributed by atoms with Crippen molar-refractivity contribution in [2.75, 3.05) is 27.3 Å². The number of nitrogens with zero attached hydrogens (tertiary/aromatic N) is 1. The third-order valence-electron chi connectivity index (χ3n) is 3.29. The van der Waals surface area contributed by atoms with E-state index in [0.29, 0.717) is 6.54 Å². The lowest BCUT2D eigenvalue weighted by Crippen LogP contribution is -2.23. The Morgan fingerprint density at radius 3 is 2.44 bits per heavy atom. The first-order chi connectivity index (χ1) is 8.63. The number of likely N-dealkylation sites (tertiary alicyclic amines) is 1. The van der Waals surface area contributed by atoms with E-state index in [1.165, 1.54) is 19.2 Å². The van der Waals surface area contributed by atoms with Crippen molar-refractivity contribution >= 4 is 0 Å². The number of hydrogen-bond donors (Lipinski definition) is 0. The zero-order valence-corrected chi connectivity index (χ0v) is 10.6. The SMILES string of the molecule is COc1cc(F)c(CN2CC[C@H](OC)C2)c(F)c1. The molecule has 18 heavy (non-hydrogen) atoms. The maximum atomic E-state index is 13.8. The summed E-state index contributed by atoms with van der Waals surface area (Å²) in [5, 5.41) is 0. The average molecular weight is 257 g/mol. The second kappa shape index (κ2) is 5.63. The lowest BCUT2D eigenvalue weighted by atomic mass is 10.1. The fourth-order valence-corrected chi connectivity index (χ4v) is 2.21. The van der Waals surface area contributed by atoms with E-state index in [0.717, 1.165) is 13.0 Å². The van der Waals surface area contributed by atoms with Crippen LogP contribution in [0, 0.1) is 11.6 Å². The zero-order chi connectivity index (χ0) is 13.1. The summed E-state index contributed by atoms with van der Waals surface area (Å²) in [5.74, 6) is -0.926. The third kappa shape index (κ3) is 2.79. The summed E-state index contributed by atoms with van der Waals surface area (Å²) in [6.45, 7) is 1.77. The van der Waals surface area contributed by atoms with Crippen LogP contribution in [0.5, 0.6) is 5.75 Å². The smallest absolute Gasteiger partial charge is 0.134 e. The molecule has 0 aliphatic carbocycles. The van der Waals surface area contributed by atoms with Crippen LogP contribution < -0.4 is 4.74 Å². The predicted octanol–water partition coefficient (Wildman–Crippen LogP) is 2.19. The molecule has 100 valence electrons. The van der Waals surface area contributed by atoms with Gasteiger partial charge in [-0.25, -0.2) is 8.78 Å². The molecule has 1 aromatic rings. The summed E-state index contributed by atoms with van der Waals surface area (Å²) in [5.41, 5.74) is 0.0903. The van der Waals surface area contributed by atoms with Crippen LogP contribution in [0.15, 0.2) is 12.1 Å². The summed E-state index contributed by atoms with van der Waals surface area (Å²) in [6.07, 6.45) is 1.06. The molecule has 0 amide bonds. The molecule has 5 heteroatoms. The van der Waals surface area contributed by atoms with E-state index < -0.39 is 11.6 Å². The molecule has 0 unspecified atom stereocenters. The van der Waals surface area contributed by atoms with Gasteiger partial charge in [0.2, 0.25) is 0 Å². The van der Waals surface area contributed by atoms with Crippen LogP contribution in [-0.2, 0) is 11.3 Å². The fraction of sp³-hybridized carbons (Fsp3) is 0.538. The summed E-state index contributed by atoms with van der Waals surface area (Å²) in [4.78, 5) is 1.99. The second-order valence-corrected chi connectivity index (χ2v) is 4.45. The lowest BCUT2D eigenvalue weighted by Gasteiger charge is -2.17. The van der Waals surface area contributed by atoms with Crippen molar-refractivity contribution in [2.24, 2.45) is 0 Å². The largest absolute Gasteiger partial charge is 0.497 e. The molecule has 3 nitrogen and oxygen atoms in total. The molecule has 1 atom stereocenters. The van der Waals surface area contributed by atoms with E-state index in [-0.39, 0.29) is 24.0 Å². The summed E-state index contributed by atoms with van der Waals surface area (Å²) in [6, 6.07) is 2.42. The maximum Gasteiger partial charge on any atom is 0.134 e. The van der Waals surface area contributed by atoms with Crippen molar-refractivity contribution in [1.29, 1.82) is 0 Å². The molecule has 1 aliphatic rings. The highest BCUT2D eigenvalue weighted by molar-refractivity contribution is 5.30. The topological polar surface area (TPSA) is 21.7 Å². The van der Waals surface area contributed by atoms with Gasteiger partial charge in [0.05, 0.1) is 13.2 Å². The van der Waals surface area contributed by atoms with Gasteiger partial charge in [-0.3, -0.25) is 4.90 Å². The van der Waals surface area contributed by atoms with Gasteiger partial charge in [0.25, 0.3) is 0 Å². The molecule has 2 rings (SSSR count). The van der Waals surface area contributed by atoms with Crippen molar-refractivity contribution in [1.82, 2.24) is 4.90 Å². The Hall–Kier alpha value is -1.20. The Labute approximate surface area is 105 Å². The number of halogens is 2. The molecule has 0 saturated carbocycles. The van der Waals surface area contributed by atoms with E-state index in [1.807, 2.05) is 4.90 Å². The molecule has 0 bridgehead atoms. The van der Waals surface area contributed by atoms with E-state index in [1.54, 1.807) is 7.11 Å². The minimum Gasteiger partial charge on any atom is -0.497 e. The molecule has 1 heterocycles. The van der Waals surface area contributed by atoms with Gasteiger partial charge in [-0.1, -0.05) is 0 Å². The lowest BCUT2D eigenvalue weighted by molar-refractivity contribution is 0.107. The molecular weight excluding hydrogens is 240 g/mol. The predicted molar refractivity (Wildman–Crippen MR) is 63.6 cm³/mol. The quantitative estimate of drug-likeness (QED) is 0.825. The molecule has 0 radical (unpaired) electrons. The van der Waals surface area contributed by atoms with Gasteiger partial charge in [-0.2, -0.15) is 0 Å². The summed E-state index contributed by atoms with van der Waals surface area (Å²) >= 11 is 0. The van der Waals surface area contributed by atoms with Gasteiger partial charge < -0.3 is 9.47 Å². The normalized spacial score (nSPS) is 20.3. The Kier molecular flexibility index (Phi) is 4.14. The number of ether oxygens (including phenoxy) is 2. The van der Waals surface area contributed by atoms with Crippen molar-refractivity contribution < 1.29 is 18.3 Å². The maximum absolute atomic E-state index is 13.8. The van der Waals surface area contributed by atoms with Gasteiger partial charge in [0.15, 0.2) is 0 Å². The Balaban J connectivity index is 2.10. The van der Waals surface area contributed by atoms with Crippen LogP contribution in [0.2, 0.25) is 0 Å². The first-order valence-corrected chi connectivity index (χ1v) is 5.91. The molecule has 0 aromatic heterocycles. The Morgan fingerprint density at radius 1 is 1.28 bits per heavy atom. The highest BCUT2D eigenvalue weighted by Gasteiger charge is 2.24. The zero-order valence-electron chi connectivity index (χ0n) is 10.6. The Bertz CT molecular complexity index is 402. The molecular formula is C13H17F2NO2. The molecule has 1 fully saturated rings. The van der Waals surface area contributed by atoms with Crippen molar-refractivity contribution in [3.63, 3.8) is 0 Å². The van der Waals surface area contributed by atoms with Crippen LogP contribution in [-0.4, -0.2) is 38.3 Å². The molecule has 1 aliphatic heterocycles. The molecule has 1 aromatic carbocycles. The number of hydrogen-bond acceptors (Lipinski definition) is 3. The van der Waals surface area contributed by atoms with Gasteiger partial charge in [0, 0.05) is 44.4 Å². The highest BCUT2D eigenvalue weighted by Crippen LogP contribution is 2.23. The Morgan fingerprint density at radius 2 is 1.94 bits per heavy atom.